The summed E-state index contributed by atoms with van der Waals surface area (Å²) in [6.07, 6.45) is -3.70. The van der Waals surface area contributed by atoms with Crippen LogP contribution in [0.15, 0.2) is 23.1 Å². The Morgan fingerprint density at radius 3 is 2.50 bits per heavy atom. The molecular weight excluding hydrogens is 445 g/mol. The molecule has 0 radical (unpaired) electrons. The van der Waals surface area contributed by atoms with Crippen LogP contribution < -0.4 is 16.2 Å². The highest BCUT2D eigenvalue weighted by Crippen LogP contribution is 2.29. The van der Waals surface area contributed by atoms with Crippen molar-refractivity contribution in [3.63, 3.8) is 0 Å². The van der Waals surface area contributed by atoms with Gasteiger partial charge in [0.15, 0.2) is 0 Å². The highest BCUT2D eigenvalue weighted by atomic mass is 32.1. The van der Waals surface area contributed by atoms with Crippen molar-refractivity contribution < 1.29 is 18.0 Å². The molecule has 0 spiro atoms. The van der Waals surface area contributed by atoms with Gasteiger partial charge >= 0.3 is 6.18 Å². The quantitative estimate of drug-likeness (QED) is 0.542. The van der Waals surface area contributed by atoms with Crippen molar-refractivity contribution in [2.75, 3.05) is 18.4 Å². The summed E-state index contributed by atoms with van der Waals surface area (Å²) in [4.78, 5) is 33.6. The van der Waals surface area contributed by atoms with E-state index in [0.29, 0.717) is 32.4 Å². The Kier molecular flexibility index (Phi) is 6.63. The van der Waals surface area contributed by atoms with E-state index in [2.05, 4.69) is 25.7 Å². The van der Waals surface area contributed by atoms with Crippen LogP contribution in [-0.4, -0.2) is 38.7 Å². The topological polar surface area (TPSA) is 102 Å². The molecule has 0 atom stereocenters. The minimum absolute atomic E-state index is 0.212. The van der Waals surface area contributed by atoms with Gasteiger partial charge in [0.2, 0.25) is 0 Å². The van der Waals surface area contributed by atoms with Crippen molar-refractivity contribution in [1.82, 2.24) is 25.1 Å². The smallest absolute Gasteiger partial charge is 0.368 e. The van der Waals surface area contributed by atoms with Crippen molar-refractivity contribution in [2.45, 2.75) is 26.9 Å². The van der Waals surface area contributed by atoms with Crippen LogP contribution in [-0.2, 0) is 13.2 Å². The van der Waals surface area contributed by atoms with Crippen LogP contribution in [0.4, 0.5) is 19.0 Å². The molecule has 12 heteroatoms. The predicted octanol–water partition coefficient (Wildman–Crippen LogP) is 3.08. The van der Waals surface area contributed by atoms with E-state index in [1.54, 1.807) is 27.8 Å². The Morgan fingerprint density at radius 1 is 1.16 bits per heavy atom. The van der Waals surface area contributed by atoms with Gasteiger partial charge in [0, 0.05) is 26.3 Å². The second kappa shape index (κ2) is 9.07. The first-order chi connectivity index (χ1) is 15.0. The number of hydrogen-bond acceptors (Lipinski definition) is 7. The zero-order valence-electron chi connectivity index (χ0n) is 17.8. The van der Waals surface area contributed by atoms with Gasteiger partial charge in [-0.15, -0.1) is 11.3 Å². The number of halogens is 3. The van der Waals surface area contributed by atoms with Crippen molar-refractivity contribution in [1.29, 1.82) is 0 Å². The number of hydrogen-bond donors (Lipinski definition) is 2. The largest absolute Gasteiger partial charge is 0.417 e. The van der Waals surface area contributed by atoms with E-state index in [0.717, 1.165) is 23.6 Å². The second-order valence-electron chi connectivity index (χ2n) is 7.06. The van der Waals surface area contributed by atoms with E-state index in [-0.39, 0.29) is 30.4 Å². The Balaban J connectivity index is 1.64. The lowest BCUT2D eigenvalue weighted by atomic mass is 10.1. The molecule has 0 aliphatic rings. The van der Waals surface area contributed by atoms with E-state index in [9.17, 15) is 22.8 Å². The van der Waals surface area contributed by atoms with Gasteiger partial charge in [-0.1, -0.05) is 0 Å². The molecule has 3 heterocycles. The summed E-state index contributed by atoms with van der Waals surface area (Å²) in [5, 5.41) is 10.2. The van der Waals surface area contributed by atoms with E-state index in [1.165, 1.54) is 10.7 Å². The van der Waals surface area contributed by atoms with Crippen molar-refractivity contribution in [3.05, 3.63) is 56.1 Å². The van der Waals surface area contributed by atoms with E-state index in [1.807, 2.05) is 0 Å². The fraction of sp³-hybridized carbons (Fsp3) is 0.350. The van der Waals surface area contributed by atoms with E-state index < -0.39 is 11.7 Å². The van der Waals surface area contributed by atoms with Crippen LogP contribution >= 0.6 is 11.3 Å². The maximum Gasteiger partial charge on any atom is 0.417 e. The number of carbonyl (C=O) groups is 1. The molecule has 0 bridgehead atoms. The number of aryl methyl sites for hydroxylation is 3. The maximum atomic E-state index is 12.6. The van der Waals surface area contributed by atoms with Crippen molar-refractivity contribution >= 4 is 23.1 Å². The van der Waals surface area contributed by atoms with E-state index in [4.69, 9.17) is 0 Å². The van der Waals surface area contributed by atoms with Crippen molar-refractivity contribution in [2.24, 2.45) is 7.05 Å². The molecule has 0 saturated heterocycles. The van der Waals surface area contributed by atoms with Crippen LogP contribution in [0, 0.1) is 20.8 Å². The standard InChI is InChI=1S/C20H21F3N6O2S/c1-10-11(2)28-29(4)19(31)15(10)18-27-12(3)16(32-18)17(30)25-8-7-24-14-6-5-13(9-26-14)20(21,22)23/h5-6,9H,7-8H2,1-4H3,(H,24,26)(H,25,30). The first-order valence-electron chi connectivity index (χ1n) is 9.56. The summed E-state index contributed by atoms with van der Waals surface area (Å²) in [5.41, 5.74) is 1.20. The molecule has 0 fully saturated rings. The van der Waals surface area contributed by atoms with Crippen LogP contribution in [0.2, 0.25) is 0 Å². The van der Waals surface area contributed by atoms with Crippen LogP contribution in [0.3, 0.4) is 0 Å². The number of thiazole rings is 1. The third-order valence-electron chi connectivity index (χ3n) is 4.75. The van der Waals surface area contributed by atoms with Gasteiger partial charge < -0.3 is 10.6 Å². The second-order valence-corrected chi connectivity index (χ2v) is 8.06. The molecule has 0 aliphatic carbocycles. The molecule has 0 saturated carbocycles. The monoisotopic (exact) mass is 466 g/mol. The minimum Gasteiger partial charge on any atom is -0.368 e. The number of pyridine rings is 1. The Morgan fingerprint density at radius 2 is 1.88 bits per heavy atom. The summed E-state index contributed by atoms with van der Waals surface area (Å²) in [5.74, 6) is -0.0865. The molecule has 1 amide bonds. The Hall–Kier alpha value is -3.28. The summed E-state index contributed by atoms with van der Waals surface area (Å²) >= 11 is 1.12. The normalized spacial score (nSPS) is 11.5. The number of anilines is 1. The van der Waals surface area contributed by atoms with Crippen LogP contribution in [0.25, 0.3) is 10.6 Å². The van der Waals surface area contributed by atoms with Gasteiger partial charge in [-0.2, -0.15) is 18.3 Å². The van der Waals surface area contributed by atoms with Gasteiger partial charge in [-0.3, -0.25) is 9.59 Å². The zero-order chi connectivity index (χ0) is 23.6. The maximum absolute atomic E-state index is 12.6. The number of nitrogens with one attached hydrogen (secondary N) is 2. The fourth-order valence-electron chi connectivity index (χ4n) is 2.93. The van der Waals surface area contributed by atoms with Crippen LogP contribution in [0.5, 0.6) is 0 Å². The average molecular weight is 466 g/mol. The molecule has 32 heavy (non-hydrogen) atoms. The first kappa shape index (κ1) is 23.4. The molecule has 3 rings (SSSR count). The average Bonchev–Trinajstić information content (AvgIpc) is 3.11. The highest BCUT2D eigenvalue weighted by molar-refractivity contribution is 7.17. The molecule has 8 nitrogen and oxygen atoms in total. The van der Waals surface area contributed by atoms with Gasteiger partial charge in [-0.25, -0.2) is 14.6 Å². The molecule has 0 unspecified atom stereocenters. The summed E-state index contributed by atoms with van der Waals surface area (Å²) in [7, 11) is 1.56. The first-order valence-corrected chi connectivity index (χ1v) is 10.4. The number of alkyl halides is 3. The highest BCUT2D eigenvalue weighted by Gasteiger charge is 2.30. The molecule has 0 aliphatic heterocycles. The van der Waals surface area contributed by atoms with Crippen LogP contribution in [0.1, 0.15) is 32.2 Å². The molecule has 0 aromatic carbocycles. The van der Waals surface area contributed by atoms with Gasteiger partial charge in [-0.05, 0) is 38.5 Å². The lowest BCUT2D eigenvalue weighted by molar-refractivity contribution is -0.137. The molecule has 2 N–H and O–H groups in total. The number of rotatable bonds is 6. The number of nitrogens with zero attached hydrogens (tertiary/aromatic N) is 4. The number of amides is 1. The number of carbonyl (C=O) groups excluding carboxylic acids is 1. The van der Waals surface area contributed by atoms with Gasteiger partial charge in [0.25, 0.3) is 11.5 Å². The summed E-state index contributed by atoms with van der Waals surface area (Å²) in [6.45, 7) is 5.75. The van der Waals surface area contributed by atoms with Gasteiger partial charge in [0.05, 0.1) is 22.5 Å². The minimum atomic E-state index is -4.44. The predicted molar refractivity (Wildman–Crippen MR) is 115 cm³/mol. The molecule has 170 valence electrons. The molecule has 3 aromatic heterocycles. The SMILES string of the molecule is Cc1nc(-c2c(C)c(C)nn(C)c2=O)sc1C(=O)NCCNc1ccc(C(F)(F)F)cn1. The summed E-state index contributed by atoms with van der Waals surface area (Å²) < 4.78 is 39.0. The Bertz CT molecular complexity index is 1200. The lowest BCUT2D eigenvalue weighted by Crippen LogP contribution is -2.28. The fourth-order valence-corrected chi connectivity index (χ4v) is 4.00. The van der Waals surface area contributed by atoms with Gasteiger partial charge in [0.1, 0.15) is 15.7 Å². The number of aromatic nitrogens is 4. The lowest BCUT2D eigenvalue weighted by Gasteiger charge is -2.09. The zero-order valence-corrected chi connectivity index (χ0v) is 18.6. The summed E-state index contributed by atoms with van der Waals surface area (Å²) in [6, 6.07) is 2.16. The Labute approximate surface area is 185 Å². The third kappa shape index (κ3) is 4.96. The molecular formula is C20H21F3N6O2S. The van der Waals surface area contributed by atoms with E-state index >= 15 is 0 Å². The van der Waals surface area contributed by atoms with Crippen molar-refractivity contribution in [3.8, 4) is 10.6 Å². The molecule has 3 aromatic rings. The third-order valence-corrected chi connectivity index (χ3v) is 5.92.